The average Bonchev–Trinajstić information content (AvgIpc) is 2.59. The largest absolute Gasteiger partial charge is 0.493 e. The summed E-state index contributed by atoms with van der Waals surface area (Å²) >= 11 is 6.23. The van der Waals surface area contributed by atoms with E-state index in [9.17, 15) is 5.26 Å². The molecule has 0 radical (unpaired) electrons. The Morgan fingerprint density at radius 1 is 1.33 bits per heavy atom. The second-order valence-corrected chi connectivity index (χ2v) is 5.71. The lowest BCUT2D eigenvalue weighted by atomic mass is 9.92. The average molecular weight is 346 g/mol. The van der Waals surface area contributed by atoms with E-state index in [1.165, 1.54) is 14.2 Å². The van der Waals surface area contributed by atoms with Crippen LogP contribution in [0.5, 0.6) is 11.5 Å². The van der Waals surface area contributed by atoms with Crippen LogP contribution >= 0.6 is 11.6 Å². The quantitative estimate of drug-likeness (QED) is 0.919. The van der Waals surface area contributed by atoms with Gasteiger partial charge in [-0.15, -0.1) is 0 Å². The molecule has 0 bridgehead atoms. The number of aromatic nitrogens is 1. The fourth-order valence-electron chi connectivity index (χ4n) is 2.92. The molecule has 0 saturated heterocycles. The lowest BCUT2D eigenvalue weighted by Crippen LogP contribution is -2.16. The number of nitrogen functional groups attached to an aromatic ring is 1. The molecule has 3 rings (SSSR count). The molecular formula is C17H16ClN3O3. The van der Waals surface area contributed by atoms with Gasteiger partial charge in [-0.3, -0.25) is 0 Å². The summed E-state index contributed by atoms with van der Waals surface area (Å²) < 4.78 is 16.4. The number of rotatable bonds is 3. The van der Waals surface area contributed by atoms with Gasteiger partial charge in [0.15, 0.2) is 11.5 Å². The maximum atomic E-state index is 9.61. The molecule has 1 aliphatic rings. The third kappa shape index (κ3) is 2.62. The summed E-state index contributed by atoms with van der Waals surface area (Å²) in [5, 5.41) is 10.1. The number of halogens is 1. The van der Waals surface area contributed by atoms with E-state index in [1.54, 1.807) is 12.1 Å². The summed E-state index contributed by atoms with van der Waals surface area (Å²) in [6.07, 6.45) is 0.637. The van der Waals surface area contributed by atoms with E-state index < -0.39 is 0 Å². The zero-order valence-corrected chi connectivity index (χ0v) is 14.1. The standard InChI is InChI=1S/C17H16ClN3O3/c1-22-14-6-9(18)5-10(16(14)23-2)15-11(7-19)17(20)21-13-3-4-24-8-12(13)15/h5-6H,3-4,8H2,1-2H3,(H2,20,21). The van der Waals surface area contributed by atoms with E-state index in [2.05, 4.69) is 11.1 Å². The molecule has 0 amide bonds. The Balaban J connectivity index is 2.40. The van der Waals surface area contributed by atoms with Crippen molar-refractivity contribution < 1.29 is 14.2 Å². The van der Waals surface area contributed by atoms with Gasteiger partial charge in [0.2, 0.25) is 0 Å². The van der Waals surface area contributed by atoms with Crippen molar-refractivity contribution in [2.45, 2.75) is 13.0 Å². The molecule has 24 heavy (non-hydrogen) atoms. The normalized spacial score (nSPS) is 13.1. The minimum atomic E-state index is 0.189. The van der Waals surface area contributed by atoms with Gasteiger partial charge in [-0.25, -0.2) is 4.98 Å². The van der Waals surface area contributed by atoms with Crippen LogP contribution in [-0.4, -0.2) is 25.8 Å². The first-order chi connectivity index (χ1) is 11.6. The van der Waals surface area contributed by atoms with Crippen LogP contribution in [0.25, 0.3) is 11.1 Å². The fraction of sp³-hybridized carbons (Fsp3) is 0.294. The topological polar surface area (TPSA) is 90.4 Å². The van der Waals surface area contributed by atoms with E-state index in [-0.39, 0.29) is 11.4 Å². The van der Waals surface area contributed by atoms with E-state index in [4.69, 9.17) is 31.5 Å². The first-order valence-corrected chi connectivity index (χ1v) is 7.69. The summed E-state index contributed by atoms with van der Waals surface area (Å²) in [4.78, 5) is 4.36. The van der Waals surface area contributed by atoms with E-state index in [0.29, 0.717) is 47.3 Å². The van der Waals surface area contributed by atoms with Gasteiger partial charge in [0, 0.05) is 34.2 Å². The van der Waals surface area contributed by atoms with Crippen LogP contribution in [-0.2, 0) is 17.8 Å². The number of nitrogens with zero attached hydrogens (tertiary/aromatic N) is 2. The number of ether oxygens (including phenoxy) is 3. The summed E-state index contributed by atoms with van der Waals surface area (Å²) in [7, 11) is 3.07. The van der Waals surface area contributed by atoms with Crippen molar-refractivity contribution in [3.8, 4) is 28.7 Å². The van der Waals surface area contributed by atoms with Gasteiger partial charge in [0.25, 0.3) is 0 Å². The van der Waals surface area contributed by atoms with E-state index in [1.807, 2.05) is 0 Å². The van der Waals surface area contributed by atoms with Crippen LogP contribution in [0.2, 0.25) is 5.02 Å². The summed E-state index contributed by atoms with van der Waals surface area (Å²) in [5.41, 5.74) is 9.22. The van der Waals surface area contributed by atoms with Crippen LogP contribution in [0.1, 0.15) is 16.8 Å². The maximum absolute atomic E-state index is 9.61. The van der Waals surface area contributed by atoms with Gasteiger partial charge in [-0.1, -0.05) is 11.6 Å². The predicted molar refractivity (Wildman–Crippen MR) is 90.3 cm³/mol. The summed E-state index contributed by atoms with van der Waals surface area (Å²) in [6.45, 7) is 0.922. The highest BCUT2D eigenvalue weighted by molar-refractivity contribution is 6.31. The Morgan fingerprint density at radius 2 is 2.12 bits per heavy atom. The number of pyridine rings is 1. The molecule has 0 atom stereocenters. The van der Waals surface area contributed by atoms with Gasteiger partial charge in [-0.2, -0.15) is 5.26 Å². The molecule has 0 fully saturated rings. The van der Waals surface area contributed by atoms with Gasteiger partial charge < -0.3 is 19.9 Å². The highest BCUT2D eigenvalue weighted by Gasteiger charge is 2.26. The monoisotopic (exact) mass is 345 g/mol. The van der Waals surface area contributed by atoms with Crippen LogP contribution in [0.3, 0.4) is 0 Å². The molecule has 1 aromatic carbocycles. The molecule has 1 aliphatic heterocycles. The van der Waals surface area contributed by atoms with Gasteiger partial charge in [0.05, 0.1) is 33.1 Å². The number of hydrogen-bond acceptors (Lipinski definition) is 6. The molecule has 2 heterocycles. The Labute approximate surface area is 144 Å². The first-order valence-electron chi connectivity index (χ1n) is 7.31. The first kappa shape index (κ1) is 16.4. The Bertz CT molecular complexity index is 846. The minimum absolute atomic E-state index is 0.189. The Morgan fingerprint density at radius 3 is 2.79 bits per heavy atom. The second kappa shape index (κ2) is 6.56. The van der Waals surface area contributed by atoms with Crippen LogP contribution in [0, 0.1) is 11.3 Å². The maximum Gasteiger partial charge on any atom is 0.168 e. The molecule has 0 unspecified atom stereocenters. The van der Waals surface area contributed by atoms with Crippen LogP contribution in [0.15, 0.2) is 12.1 Å². The second-order valence-electron chi connectivity index (χ2n) is 5.28. The molecule has 2 N–H and O–H groups in total. The van der Waals surface area contributed by atoms with Crippen molar-refractivity contribution in [2.24, 2.45) is 0 Å². The number of anilines is 1. The van der Waals surface area contributed by atoms with Crippen molar-refractivity contribution in [1.82, 2.24) is 4.98 Å². The third-order valence-corrected chi connectivity index (χ3v) is 4.18. The van der Waals surface area contributed by atoms with Crippen molar-refractivity contribution in [3.63, 3.8) is 0 Å². The number of benzene rings is 1. The Hall–Kier alpha value is -2.49. The zero-order chi connectivity index (χ0) is 17.3. The number of methoxy groups -OCH3 is 2. The van der Waals surface area contributed by atoms with Gasteiger partial charge in [-0.05, 0) is 6.07 Å². The smallest absolute Gasteiger partial charge is 0.168 e. The molecule has 124 valence electrons. The van der Waals surface area contributed by atoms with Gasteiger partial charge >= 0.3 is 0 Å². The number of hydrogen-bond donors (Lipinski definition) is 1. The molecule has 0 spiro atoms. The van der Waals surface area contributed by atoms with Crippen molar-refractivity contribution in [1.29, 1.82) is 5.26 Å². The number of nitrogens with two attached hydrogens (primary N) is 1. The third-order valence-electron chi connectivity index (χ3n) is 3.97. The molecule has 2 aromatic rings. The highest BCUT2D eigenvalue weighted by atomic mass is 35.5. The molecule has 1 aromatic heterocycles. The molecule has 0 saturated carbocycles. The van der Waals surface area contributed by atoms with Crippen LogP contribution < -0.4 is 15.2 Å². The lowest BCUT2D eigenvalue weighted by Gasteiger charge is -2.23. The van der Waals surface area contributed by atoms with E-state index in [0.717, 1.165) is 11.3 Å². The highest BCUT2D eigenvalue weighted by Crippen LogP contribution is 2.45. The van der Waals surface area contributed by atoms with Crippen molar-refractivity contribution >= 4 is 17.4 Å². The number of fused-ring (bicyclic) bond motifs is 1. The predicted octanol–water partition coefficient (Wildman–Crippen LogP) is 2.95. The van der Waals surface area contributed by atoms with Crippen molar-refractivity contribution in [3.05, 3.63) is 34.0 Å². The molecule has 0 aliphatic carbocycles. The van der Waals surface area contributed by atoms with E-state index >= 15 is 0 Å². The lowest BCUT2D eigenvalue weighted by molar-refractivity contribution is 0.109. The van der Waals surface area contributed by atoms with Crippen LogP contribution in [0.4, 0.5) is 5.82 Å². The van der Waals surface area contributed by atoms with Crippen molar-refractivity contribution in [2.75, 3.05) is 26.6 Å². The molecular weight excluding hydrogens is 330 g/mol. The minimum Gasteiger partial charge on any atom is -0.493 e. The fourth-order valence-corrected chi connectivity index (χ4v) is 3.13. The zero-order valence-electron chi connectivity index (χ0n) is 13.4. The Kier molecular flexibility index (Phi) is 4.47. The number of nitriles is 1. The SMILES string of the molecule is COc1cc(Cl)cc(-c2c(C#N)c(N)nc3c2COCC3)c1OC. The summed E-state index contributed by atoms with van der Waals surface area (Å²) in [5.74, 6) is 1.15. The molecule has 7 heteroatoms. The summed E-state index contributed by atoms with van der Waals surface area (Å²) in [6, 6.07) is 5.52. The molecule has 6 nitrogen and oxygen atoms in total. The van der Waals surface area contributed by atoms with Gasteiger partial charge in [0.1, 0.15) is 17.5 Å².